The first-order valence-corrected chi connectivity index (χ1v) is 11.2. The standard InChI is InChI=1S/C19H35O4P/c1-5-22-18(20)16(11-15-9-7-6-8-10-15)13-24(21)23-14(2)17-12-19(17,3)4/h14-17,24H,5-13H2,1-4H3. The third-order valence-corrected chi connectivity index (χ3v) is 7.31. The van der Waals surface area contributed by atoms with Crippen molar-refractivity contribution < 1.29 is 18.6 Å². The van der Waals surface area contributed by atoms with E-state index in [1.165, 1.54) is 32.1 Å². The average molecular weight is 358 g/mol. The van der Waals surface area contributed by atoms with Gasteiger partial charge in [-0.1, -0.05) is 46.0 Å². The van der Waals surface area contributed by atoms with Gasteiger partial charge in [-0.2, -0.15) is 0 Å². The first-order valence-electron chi connectivity index (χ1n) is 9.69. The van der Waals surface area contributed by atoms with Gasteiger partial charge in [-0.3, -0.25) is 9.36 Å². The van der Waals surface area contributed by atoms with Gasteiger partial charge in [0.15, 0.2) is 8.03 Å². The molecule has 0 spiro atoms. The lowest BCUT2D eigenvalue weighted by atomic mass is 9.83. The van der Waals surface area contributed by atoms with Crippen molar-refractivity contribution in [1.82, 2.24) is 0 Å². The quantitative estimate of drug-likeness (QED) is 0.427. The Balaban J connectivity index is 1.86. The summed E-state index contributed by atoms with van der Waals surface area (Å²) >= 11 is 0. The van der Waals surface area contributed by atoms with E-state index in [1.54, 1.807) is 0 Å². The van der Waals surface area contributed by atoms with Gasteiger partial charge in [-0.15, -0.1) is 0 Å². The molecule has 0 aromatic carbocycles. The number of carbonyl (C=O) groups excluding carboxylic acids is 1. The maximum atomic E-state index is 12.5. The van der Waals surface area contributed by atoms with Crippen LogP contribution in [-0.4, -0.2) is 24.8 Å². The SMILES string of the molecule is CCOC(=O)C(CC1CCCCC1)C[PH](=O)OC(C)C1CC1(C)C. The second-order valence-corrected chi connectivity index (χ2v) is 9.77. The predicted octanol–water partition coefficient (Wildman–Crippen LogP) is 5.06. The van der Waals surface area contributed by atoms with Crippen molar-refractivity contribution in [3.63, 3.8) is 0 Å². The number of hydrogen-bond donors (Lipinski definition) is 0. The zero-order valence-corrected chi connectivity index (χ0v) is 16.8. The normalized spacial score (nSPS) is 27.2. The summed E-state index contributed by atoms with van der Waals surface area (Å²) in [6.07, 6.45) is 8.47. The zero-order valence-electron chi connectivity index (χ0n) is 15.8. The van der Waals surface area contributed by atoms with E-state index >= 15 is 0 Å². The molecule has 0 aromatic heterocycles. The minimum atomic E-state index is -2.20. The lowest BCUT2D eigenvalue weighted by Crippen LogP contribution is -2.24. The van der Waals surface area contributed by atoms with Gasteiger partial charge in [0.2, 0.25) is 0 Å². The van der Waals surface area contributed by atoms with Crippen molar-refractivity contribution >= 4 is 14.0 Å². The first-order chi connectivity index (χ1) is 11.3. The van der Waals surface area contributed by atoms with Crippen LogP contribution in [0.15, 0.2) is 0 Å². The second-order valence-electron chi connectivity index (χ2n) is 8.39. The molecule has 2 rings (SSSR count). The van der Waals surface area contributed by atoms with Gasteiger partial charge in [0.25, 0.3) is 0 Å². The molecule has 0 radical (unpaired) electrons. The highest BCUT2D eigenvalue weighted by molar-refractivity contribution is 7.39. The van der Waals surface area contributed by atoms with E-state index in [0.29, 0.717) is 30.0 Å². The smallest absolute Gasteiger partial charge is 0.309 e. The molecule has 0 saturated heterocycles. The monoisotopic (exact) mass is 358 g/mol. The Bertz CT molecular complexity index is 443. The van der Waals surface area contributed by atoms with Crippen LogP contribution in [0.3, 0.4) is 0 Å². The van der Waals surface area contributed by atoms with Crippen LogP contribution < -0.4 is 0 Å². The summed E-state index contributed by atoms with van der Waals surface area (Å²) in [4.78, 5) is 12.3. The van der Waals surface area contributed by atoms with Crippen LogP contribution in [0.4, 0.5) is 0 Å². The lowest BCUT2D eigenvalue weighted by Gasteiger charge is -2.25. The topological polar surface area (TPSA) is 52.6 Å². The fourth-order valence-electron chi connectivity index (χ4n) is 4.20. The third kappa shape index (κ3) is 5.88. The van der Waals surface area contributed by atoms with Crippen LogP contribution >= 0.6 is 8.03 Å². The van der Waals surface area contributed by atoms with Crippen molar-refractivity contribution in [2.24, 2.45) is 23.2 Å². The maximum absolute atomic E-state index is 12.5. The maximum Gasteiger partial charge on any atom is 0.309 e. The van der Waals surface area contributed by atoms with Crippen LogP contribution in [0.25, 0.3) is 0 Å². The Labute approximate surface area is 147 Å². The van der Waals surface area contributed by atoms with E-state index in [-0.39, 0.29) is 18.0 Å². The highest BCUT2D eigenvalue weighted by atomic mass is 31.1. The van der Waals surface area contributed by atoms with Crippen molar-refractivity contribution in [3.8, 4) is 0 Å². The van der Waals surface area contributed by atoms with Crippen molar-refractivity contribution in [3.05, 3.63) is 0 Å². The molecule has 4 atom stereocenters. The van der Waals surface area contributed by atoms with Crippen molar-refractivity contribution in [2.75, 3.05) is 12.8 Å². The summed E-state index contributed by atoms with van der Waals surface area (Å²) < 4.78 is 23.5. The van der Waals surface area contributed by atoms with E-state index in [9.17, 15) is 9.36 Å². The van der Waals surface area contributed by atoms with Crippen LogP contribution in [0, 0.1) is 23.2 Å². The van der Waals surface area contributed by atoms with Gasteiger partial charge >= 0.3 is 5.97 Å². The van der Waals surface area contributed by atoms with Gasteiger partial charge in [0, 0.05) is 6.16 Å². The Kier molecular flexibility index (Phi) is 7.37. The molecule has 5 heteroatoms. The molecule has 24 heavy (non-hydrogen) atoms. The van der Waals surface area contributed by atoms with E-state index in [1.807, 2.05) is 13.8 Å². The van der Waals surface area contributed by atoms with Crippen LogP contribution in [0.2, 0.25) is 0 Å². The number of esters is 1. The Morgan fingerprint density at radius 2 is 1.88 bits per heavy atom. The molecule has 0 aliphatic heterocycles. The minimum absolute atomic E-state index is 0.0175. The van der Waals surface area contributed by atoms with E-state index < -0.39 is 8.03 Å². The average Bonchev–Trinajstić information content (AvgIpc) is 3.17. The fourth-order valence-corrected chi connectivity index (χ4v) is 5.61. The number of ether oxygens (including phenoxy) is 1. The van der Waals surface area contributed by atoms with Crippen LogP contribution in [0.1, 0.15) is 72.6 Å². The molecule has 4 nitrogen and oxygen atoms in total. The Hall–Kier alpha value is -0.340. The van der Waals surface area contributed by atoms with E-state index in [0.717, 1.165) is 12.8 Å². The molecule has 0 heterocycles. The molecular weight excluding hydrogens is 323 g/mol. The summed E-state index contributed by atoms with van der Waals surface area (Å²) in [5.74, 6) is 0.608. The molecule has 0 N–H and O–H groups in total. The van der Waals surface area contributed by atoms with Gasteiger partial charge in [-0.05, 0) is 43.9 Å². The van der Waals surface area contributed by atoms with Crippen molar-refractivity contribution in [1.29, 1.82) is 0 Å². The number of carbonyl (C=O) groups is 1. The van der Waals surface area contributed by atoms with Crippen molar-refractivity contribution in [2.45, 2.75) is 78.7 Å². The molecule has 2 aliphatic carbocycles. The largest absolute Gasteiger partial charge is 0.466 e. The molecule has 0 amide bonds. The fraction of sp³-hybridized carbons (Fsp3) is 0.947. The summed E-state index contributed by atoms with van der Waals surface area (Å²) in [5, 5.41) is 0. The summed E-state index contributed by atoms with van der Waals surface area (Å²) in [7, 11) is -2.20. The zero-order chi connectivity index (χ0) is 17.7. The molecule has 2 aliphatic rings. The Morgan fingerprint density at radius 1 is 1.25 bits per heavy atom. The lowest BCUT2D eigenvalue weighted by molar-refractivity contribution is -0.148. The Morgan fingerprint density at radius 3 is 2.42 bits per heavy atom. The molecule has 2 saturated carbocycles. The number of rotatable bonds is 9. The third-order valence-electron chi connectivity index (χ3n) is 5.85. The number of hydrogen-bond acceptors (Lipinski definition) is 4. The van der Waals surface area contributed by atoms with Gasteiger partial charge < -0.3 is 9.26 Å². The highest BCUT2D eigenvalue weighted by Crippen LogP contribution is 2.55. The molecule has 0 bridgehead atoms. The summed E-state index contributed by atoms with van der Waals surface area (Å²) in [5.41, 5.74) is 0.310. The van der Waals surface area contributed by atoms with Crippen LogP contribution in [0.5, 0.6) is 0 Å². The van der Waals surface area contributed by atoms with Gasteiger partial charge in [-0.25, -0.2) is 0 Å². The van der Waals surface area contributed by atoms with E-state index in [4.69, 9.17) is 9.26 Å². The van der Waals surface area contributed by atoms with Crippen LogP contribution in [-0.2, 0) is 18.6 Å². The molecule has 140 valence electrons. The van der Waals surface area contributed by atoms with Gasteiger partial charge in [0.1, 0.15) is 0 Å². The molecule has 0 aromatic rings. The van der Waals surface area contributed by atoms with E-state index in [2.05, 4.69) is 13.8 Å². The molecule has 4 unspecified atom stereocenters. The molecular formula is C19H35O4P. The highest BCUT2D eigenvalue weighted by Gasteiger charge is 2.49. The minimum Gasteiger partial charge on any atom is -0.466 e. The second kappa shape index (κ2) is 8.85. The summed E-state index contributed by atoms with van der Waals surface area (Å²) in [6.45, 7) is 8.67. The predicted molar refractivity (Wildman–Crippen MR) is 97.6 cm³/mol. The molecule has 2 fully saturated rings. The first kappa shape index (κ1) is 20.0. The van der Waals surface area contributed by atoms with Gasteiger partial charge in [0.05, 0.1) is 18.6 Å². The summed E-state index contributed by atoms with van der Waals surface area (Å²) in [6, 6.07) is 0.